The maximum Gasteiger partial charge on any atom is 0.152 e. The molecular formula is C13H18FNO2. The van der Waals surface area contributed by atoms with Gasteiger partial charge >= 0.3 is 0 Å². The molecule has 0 saturated heterocycles. The normalized spacial score (nSPS) is 12.2. The molecule has 1 unspecified atom stereocenters. The van der Waals surface area contributed by atoms with Crippen molar-refractivity contribution in [3.8, 4) is 0 Å². The molecule has 94 valence electrons. The zero-order chi connectivity index (χ0) is 12.8. The van der Waals surface area contributed by atoms with E-state index in [-0.39, 0.29) is 11.9 Å². The number of rotatable bonds is 6. The van der Waals surface area contributed by atoms with Crippen LogP contribution in [0.5, 0.6) is 0 Å². The standard InChI is InChI=1S/C13H18FNO2/c1-4-15(10(2)9-17-3)13-11(8-16)6-5-7-12(13)14/h5-8,10H,4,9H2,1-3H3. The zero-order valence-corrected chi connectivity index (χ0v) is 10.4. The number of halogens is 1. The van der Waals surface area contributed by atoms with E-state index in [1.54, 1.807) is 13.2 Å². The largest absolute Gasteiger partial charge is 0.383 e. The van der Waals surface area contributed by atoms with E-state index in [9.17, 15) is 9.18 Å². The molecule has 0 aliphatic rings. The molecule has 1 aromatic rings. The monoisotopic (exact) mass is 239 g/mol. The summed E-state index contributed by atoms with van der Waals surface area (Å²) in [6, 6.07) is 4.54. The van der Waals surface area contributed by atoms with Crippen LogP contribution in [-0.2, 0) is 4.74 Å². The summed E-state index contributed by atoms with van der Waals surface area (Å²) in [6.45, 7) is 4.97. The molecule has 0 aliphatic carbocycles. The number of methoxy groups -OCH3 is 1. The molecule has 0 bridgehead atoms. The number of anilines is 1. The minimum absolute atomic E-state index is 0.0144. The van der Waals surface area contributed by atoms with E-state index < -0.39 is 0 Å². The third-order valence-corrected chi connectivity index (χ3v) is 2.71. The lowest BCUT2D eigenvalue weighted by Gasteiger charge is -2.30. The lowest BCUT2D eigenvalue weighted by Crippen LogP contribution is -2.37. The Labute approximate surface area is 101 Å². The van der Waals surface area contributed by atoms with Crippen molar-refractivity contribution in [2.75, 3.05) is 25.2 Å². The molecule has 1 aromatic carbocycles. The molecule has 4 heteroatoms. The Morgan fingerprint density at radius 1 is 1.53 bits per heavy atom. The van der Waals surface area contributed by atoms with Crippen LogP contribution < -0.4 is 4.90 Å². The van der Waals surface area contributed by atoms with E-state index in [0.717, 1.165) is 0 Å². The molecule has 1 rings (SSSR count). The van der Waals surface area contributed by atoms with E-state index in [0.29, 0.717) is 30.7 Å². The van der Waals surface area contributed by atoms with Gasteiger partial charge in [-0.3, -0.25) is 4.79 Å². The second kappa shape index (κ2) is 6.35. The Morgan fingerprint density at radius 3 is 2.76 bits per heavy atom. The highest BCUT2D eigenvalue weighted by Crippen LogP contribution is 2.25. The number of hydrogen-bond donors (Lipinski definition) is 0. The summed E-state index contributed by atoms with van der Waals surface area (Å²) in [7, 11) is 1.60. The molecule has 0 spiro atoms. The Morgan fingerprint density at radius 2 is 2.24 bits per heavy atom. The maximum absolute atomic E-state index is 13.8. The lowest BCUT2D eigenvalue weighted by atomic mass is 10.1. The van der Waals surface area contributed by atoms with Crippen LogP contribution in [0.4, 0.5) is 10.1 Å². The quantitative estimate of drug-likeness (QED) is 0.714. The molecule has 17 heavy (non-hydrogen) atoms. The van der Waals surface area contributed by atoms with Crippen molar-refractivity contribution in [1.82, 2.24) is 0 Å². The second-order valence-electron chi connectivity index (χ2n) is 3.89. The first kappa shape index (κ1) is 13.6. The number of carbonyl (C=O) groups excluding carboxylic acids is 1. The molecule has 0 radical (unpaired) electrons. The van der Waals surface area contributed by atoms with E-state index >= 15 is 0 Å². The van der Waals surface area contributed by atoms with Crippen molar-refractivity contribution in [3.63, 3.8) is 0 Å². The molecule has 0 aromatic heterocycles. The van der Waals surface area contributed by atoms with Crippen LogP contribution in [-0.4, -0.2) is 32.6 Å². The van der Waals surface area contributed by atoms with Gasteiger partial charge in [0, 0.05) is 25.3 Å². The Balaban J connectivity index is 3.14. The summed E-state index contributed by atoms with van der Waals surface area (Å²) in [5.41, 5.74) is 0.726. The molecule has 3 nitrogen and oxygen atoms in total. The number of likely N-dealkylation sites (N-methyl/N-ethyl adjacent to an activating group) is 1. The van der Waals surface area contributed by atoms with Crippen molar-refractivity contribution in [3.05, 3.63) is 29.6 Å². The van der Waals surface area contributed by atoms with Crippen molar-refractivity contribution in [1.29, 1.82) is 0 Å². The number of carbonyl (C=O) groups is 1. The molecule has 0 fully saturated rings. The van der Waals surface area contributed by atoms with Crippen molar-refractivity contribution in [2.45, 2.75) is 19.9 Å². The zero-order valence-electron chi connectivity index (χ0n) is 10.4. The van der Waals surface area contributed by atoms with E-state index in [2.05, 4.69) is 0 Å². The van der Waals surface area contributed by atoms with Crippen molar-refractivity contribution < 1.29 is 13.9 Å². The number of hydrogen-bond acceptors (Lipinski definition) is 3. The molecule has 0 heterocycles. The van der Waals surface area contributed by atoms with E-state index in [1.807, 2.05) is 18.7 Å². The van der Waals surface area contributed by atoms with Crippen molar-refractivity contribution in [2.24, 2.45) is 0 Å². The highest BCUT2D eigenvalue weighted by atomic mass is 19.1. The van der Waals surface area contributed by atoms with Gasteiger partial charge in [0.15, 0.2) is 6.29 Å². The van der Waals surface area contributed by atoms with E-state index in [1.165, 1.54) is 12.1 Å². The Hall–Kier alpha value is -1.42. The number of aldehydes is 1. The van der Waals surface area contributed by atoms with Crippen LogP contribution in [0.1, 0.15) is 24.2 Å². The minimum Gasteiger partial charge on any atom is -0.383 e. The van der Waals surface area contributed by atoms with Gasteiger partial charge in [0.1, 0.15) is 5.82 Å². The molecule has 0 N–H and O–H groups in total. The number of ether oxygens (including phenoxy) is 1. The summed E-state index contributed by atoms with van der Waals surface area (Å²) < 4.78 is 18.9. The van der Waals surface area contributed by atoms with Crippen LogP contribution in [0.2, 0.25) is 0 Å². The van der Waals surface area contributed by atoms with Crippen LogP contribution in [0.15, 0.2) is 18.2 Å². The average molecular weight is 239 g/mol. The van der Waals surface area contributed by atoms with Crippen LogP contribution in [0, 0.1) is 5.82 Å². The van der Waals surface area contributed by atoms with Crippen LogP contribution in [0.25, 0.3) is 0 Å². The highest BCUT2D eigenvalue weighted by Gasteiger charge is 2.19. The average Bonchev–Trinajstić information content (AvgIpc) is 2.32. The van der Waals surface area contributed by atoms with Gasteiger partial charge in [-0.15, -0.1) is 0 Å². The summed E-state index contributed by atoms with van der Waals surface area (Å²) >= 11 is 0. The fourth-order valence-corrected chi connectivity index (χ4v) is 1.95. The van der Waals surface area contributed by atoms with Crippen LogP contribution >= 0.6 is 0 Å². The predicted octanol–water partition coefficient (Wildman–Crippen LogP) is 2.50. The third kappa shape index (κ3) is 3.03. The molecule has 0 amide bonds. The summed E-state index contributed by atoms with van der Waals surface area (Å²) in [5.74, 6) is -0.376. The van der Waals surface area contributed by atoms with Gasteiger partial charge in [0.2, 0.25) is 0 Å². The second-order valence-corrected chi connectivity index (χ2v) is 3.89. The first-order valence-corrected chi connectivity index (χ1v) is 5.65. The Kier molecular flexibility index (Phi) is 5.10. The maximum atomic E-state index is 13.8. The van der Waals surface area contributed by atoms with Gasteiger partial charge in [0.05, 0.1) is 12.3 Å². The summed E-state index contributed by atoms with van der Waals surface area (Å²) in [6.07, 6.45) is 0.681. The topological polar surface area (TPSA) is 29.5 Å². The fourth-order valence-electron chi connectivity index (χ4n) is 1.95. The lowest BCUT2D eigenvalue weighted by molar-refractivity contribution is 0.112. The smallest absolute Gasteiger partial charge is 0.152 e. The first-order chi connectivity index (χ1) is 8.15. The van der Waals surface area contributed by atoms with Crippen molar-refractivity contribution >= 4 is 12.0 Å². The third-order valence-electron chi connectivity index (χ3n) is 2.71. The van der Waals surface area contributed by atoms with E-state index in [4.69, 9.17) is 4.74 Å². The number of benzene rings is 1. The first-order valence-electron chi connectivity index (χ1n) is 5.65. The predicted molar refractivity (Wildman–Crippen MR) is 66.1 cm³/mol. The Bertz CT molecular complexity index is 382. The molecule has 0 saturated carbocycles. The molecule has 1 atom stereocenters. The molecular weight excluding hydrogens is 221 g/mol. The van der Waals surface area contributed by atoms with Gasteiger partial charge in [-0.1, -0.05) is 6.07 Å². The SMILES string of the molecule is CCN(c1c(F)cccc1C=O)C(C)COC. The van der Waals surface area contributed by atoms with Gasteiger partial charge in [-0.25, -0.2) is 4.39 Å². The van der Waals surface area contributed by atoms with Gasteiger partial charge < -0.3 is 9.64 Å². The van der Waals surface area contributed by atoms with Gasteiger partial charge in [-0.05, 0) is 26.0 Å². The summed E-state index contributed by atoms with van der Waals surface area (Å²) in [5, 5.41) is 0. The van der Waals surface area contributed by atoms with Gasteiger partial charge in [0.25, 0.3) is 0 Å². The number of nitrogens with zero attached hydrogens (tertiary/aromatic N) is 1. The minimum atomic E-state index is -0.376. The molecule has 0 aliphatic heterocycles. The fraction of sp³-hybridized carbons (Fsp3) is 0.462. The van der Waals surface area contributed by atoms with Gasteiger partial charge in [-0.2, -0.15) is 0 Å². The highest BCUT2D eigenvalue weighted by molar-refractivity contribution is 5.85. The number of para-hydroxylation sites is 1. The summed E-state index contributed by atoms with van der Waals surface area (Å²) in [4.78, 5) is 12.8. The van der Waals surface area contributed by atoms with Crippen LogP contribution in [0.3, 0.4) is 0 Å².